The fourth-order valence-electron chi connectivity index (χ4n) is 1.99. The molecule has 0 aliphatic rings. The molecule has 1 unspecified atom stereocenters. The van der Waals surface area contributed by atoms with Crippen LogP contribution in [0.4, 0.5) is 0 Å². The summed E-state index contributed by atoms with van der Waals surface area (Å²) in [6.07, 6.45) is 0.584. The number of nitrogens with zero attached hydrogens (tertiary/aromatic N) is 2. The van der Waals surface area contributed by atoms with Crippen LogP contribution in [0.3, 0.4) is 0 Å². The lowest BCUT2D eigenvalue weighted by molar-refractivity contribution is -0.122. The van der Waals surface area contributed by atoms with Crippen molar-refractivity contribution in [3.05, 3.63) is 35.4 Å². The maximum Gasteiger partial charge on any atom is 0.227 e. The Morgan fingerprint density at radius 3 is 2.74 bits per heavy atom. The van der Waals surface area contributed by atoms with Crippen LogP contribution in [0.1, 0.15) is 56.3 Å². The molecule has 0 saturated carbocycles. The molecule has 0 aliphatic carbocycles. The highest BCUT2D eigenvalue weighted by Gasteiger charge is 2.27. The van der Waals surface area contributed by atoms with Gasteiger partial charge in [0, 0.05) is 18.8 Å². The Balaban J connectivity index is 1.80. The lowest BCUT2D eigenvalue weighted by atomic mass is 10.0. The molecule has 1 amide bonds. The number of hydrogen-bond acceptors (Lipinski definition) is 6. The topological polar surface area (TPSA) is 101 Å². The largest absolute Gasteiger partial charge is 0.463 e. The summed E-state index contributed by atoms with van der Waals surface area (Å²) in [5.74, 6) is 2.21. The fraction of sp³-hybridized carbons (Fsp3) is 0.562. The second kappa shape index (κ2) is 6.95. The van der Waals surface area contributed by atoms with Gasteiger partial charge in [-0.15, -0.1) is 0 Å². The smallest absolute Gasteiger partial charge is 0.227 e. The van der Waals surface area contributed by atoms with E-state index in [-0.39, 0.29) is 24.8 Å². The summed E-state index contributed by atoms with van der Waals surface area (Å²) in [5.41, 5.74) is -1.25. The molecule has 2 rings (SSSR count). The summed E-state index contributed by atoms with van der Waals surface area (Å²) < 4.78 is 10.5. The number of rotatable bonds is 7. The minimum Gasteiger partial charge on any atom is -0.463 e. The van der Waals surface area contributed by atoms with Crippen molar-refractivity contribution < 1.29 is 18.8 Å². The minimum absolute atomic E-state index is 0.0693. The zero-order chi connectivity index (χ0) is 17.0. The Morgan fingerprint density at radius 1 is 1.43 bits per heavy atom. The molecule has 0 radical (unpaired) electrons. The van der Waals surface area contributed by atoms with Crippen molar-refractivity contribution >= 4 is 5.91 Å². The van der Waals surface area contributed by atoms with Crippen molar-refractivity contribution in [3.63, 3.8) is 0 Å². The van der Waals surface area contributed by atoms with Crippen LogP contribution >= 0.6 is 0 Å². The number of nitrogens with one attached hydrogen (secondary N) is 1. The van der Waals surface area contributed by atoms with E-state index in [1.54, 1.807) is 26.0 Å². The highest BCUT2D eigenvalue weighted by Crippen LogP contribution is 2.22. The number of hydrogen-bond donors (Lipinski definition) is 2. The van der Waals surface area contributed by atoms with Gasteiger partial charge in [0.25, 0.3) is 0 Å². The second-order valence-electron chi connectivity index (χ2n) is 6.16. The molecule has 2 aromatic heterocycles. The lowest BCUT2D eigenvalue weighted by Crippen LogP contribution is -2.38. The molecule has 2 aromatic rings. The number of furan rings is 1. The van der Waals surface area contributed by atoms with Crippen molar-refractivity contribution in [1.82, 2.24) is 15.5 Å². The number of aryl methyl sites for hydroxylation is 2. The van der Waals surface area contributed by atoms with E-state index >= 15 is 0 Å². The van der Waals surface area contributed by atoms with Gasteiger partial charge in [-0.25, -0.2) is 0 Å². The summed E-state index contributed by atoms with van der Waals surface area (Å²) >= 11 is 0. The highest BCUT2D eigenvalue weighted by molar-refractivity contribution is 5.76. The summed E-state index contributed by atoms with van der Waals surface area (Å²) in [7, 11) is 0. The van der Waals surface area contributed by atoms with Crippen LogP contribution in [-0.2, 0) is 16.8 Å². The van der Waals surface area contributed by atoms with Gasteiger partial charge in [0.05, 0.1) is 6.54 Å². The maximum atomic E-state index is 11.9. The normalized spacial score (nSPS) is 14.0. The van der Waals surface area contributed by atoms with E-state index in [0.29, 0.717) is 29.7 Å². The first-order valence-corrected chi connectivity index (χ1v) is 7.66. The van der Waals surface area contributed by atoms with Crippen LogP contribution in [0.5, 0.6) is 0 Å². The fourth-order valence-corrected chi connectivity index (χ4v) is 1.99. The van der Waals surface area contributed by atoms with Gasteiger partial charge in [-0.05, 0) is 26.0 Å². The average molecular weight is 321 g/mol. The highest BCUT2D eigenvalue weighted by atomic mass is 16.5. The summed E-state index contributed by atoms with van der Waals surface area (Å²) in [5, 5.41) is 16.9. The van der Waals surface area contributed by atoms with Crippen LogP contribution in [-0.4, -0.2) is 27.7 Å². The molecule has 0 fully saturated rings. The van der Waals surface area contributed by atoms with Crippen LogP contribution in [0.15, 0.2) is 21.1 Å². The average Bonchev–Trinajstić information content (AvgIpc) is 3.12. The number of carbonyl (C=O) groups is 1. The van der Waals surface area contributed by atoms with E-state index in [2.05, 4.69) is 15.5 Å². The van der Waals surface area contributed by atoms with Gasteiger partial charge in [0.1, 0.15) is 17.1 Å². The summed E-state index contributed by atoms with van der Waals surface area (Å²) in [6, 6.07) is 3.47. The molecule has 23 heavy (non-hydrogen) atoms. The Kier molecular flexibility index (Phi) is 5.20. The Hall–Kier alpha value is -2.15. The van der Waals surface area contributed by atoms with Gasteiger partial charge in [0.2, 0.25) is 11.8 Å². The SMILES string of the molecule is Cc1ccc(C(C)(O)CNC(=O)CCc2nc(C(C)C)no2)o1. The Morgan fingerprint density at radius 2 is 2.17 bits per heavy atom. The van der Waals surface area contributed by atoms with E-state index < -0.39 is 5.60 Å². The van der Waals surface area contributed by atoms with Gasteiger partial charge in [0.15, 0.2) is 5.82 Å². The van der Waals surface area contributed by atoms with E-state index in [1.807, 2.05) is 13.8 Å². The first kappa shape index (κ1) is 17.2. The van der Waals surface area contributed by atoms with Gasteiger partial charge >= 0.3 is 0 Å². The third-order valence-corrected chi connectivity index (χ3v) is 3.47. The summed E-state index contributed by atoms with van der Waals surface area (Å²) in [6.45, 7) is 7.41. The monoisotopic (exact) mass is 321 g/mol. The van der Waals surface area contributed by atoms with Gasteiger partial charge in [-0.2, -0.15) is 4.98 Å². The first-order chi connectivity index (χ1) is 10.8. The zero-order valence-corrected chi connectivity index (χ0v) is 13.9. The molecule has 7 nitrogen and oxygen atoms in total. The minimum atomic E-state index is -1.25. The Labute approximate surface area is 135 Å². The van der Waals surface area contributed by atoms with Crippen LogP contribution in [0.25, 0.3) is 0 Å². The predicted octanol–water partition coefficient (Wildman–Crippen LogP) is 2.05. The number of carbonyl (C=O) groups excluding carboxylic acids is 1. The second-order valence-corrected chi connectivity index (χ2v) is 6.16. The lowest BCUT2D eigenvalue weighted by Gasteiger charge is -2.21. The zero-order valence-electron chi connectivity index (χ0n) is 13.9. The molecule has 7 heteroatoms. The maximum absolute atomic E-state index is 11.9. The molecule has 126 valence electrons. The van der Waals surface area contributed by atoms with Crippen LogP contribution in [0, 0.1) is 6.92 Å². The van der Waals surface area contributed by atoms with Crippen molar-refractivity contribution in [3.8, 4) is 0 Å². The van der Waals surface area contributed by atoms with E-state index in [0.717, 1.165) is 0 Å². The molecule has 0 bridgehead atoms. The van der Waals surface area contributed by atoms with Crippen LogP contribution < -0.4 is 5.32 Å². The first-order valence-electron chi connectivity index (χ1n) is 7.66. The van der Waals surface area contributed by atoms with Crippen molar-refractivity contribution in [2.75, 3.05) is 6.54 Å². The van der Waals surface area contributed by atoms with Gasteiger partial charge < -0.3 is 19.4 Å². The van der Waals surface area contributed by atoms with Gasteiger partial charge in [-0.1, -0.05) is 19.0 Å². The third kappa shape index (κ3) is 4.66. The number of aliphatic hydroxyl groups is 1. The van der Waals surface area contributed by atoms with Crippen molar-refractivity contribution in [2.45, 2.75) is 52.1 Å². The quantitative estimate of drug-likeness (QED) is 0.809. The molecule has 2 N–H and O–H groups in total. The summed E-state index contributed by atoms with van der Waals surface area (Å²) in [4.78, 5) is 16.1. The molecule has 0 aromatic carbocycles. The molecule has 2 heterocycles. The standard InChI is InChI=1S/C16H23N3O4/c1-10(2)15-18-14(23-19-15)8-7-13(20)17-9-16(4,21)12-6-5-11(3)22-12/h5-6,10,21H,7-9H2,1-4H3,(H,17,20). The Bertz CT molecular complexity index is 658. The van der Waals surface area contributed by atoms with Gasteiger partial charge in [-0.3, -0.25) is 4.79 Å². The van der Waals surface area contributed by atoms with E-state index in [4.69, 9.17) is 8.94 Å². The molecule has 0 saturated heterocycles. The molecular formula is C16H23N3O4. The molecular weight excluding hydrogens is 298 g/mol. The molecule has 0 aliphatic heterocycles. The predicted molar refractivity (Wildman–Crippen MR) is 82.7 cm³/mol. The molecule has 0 spiro atoms. The van der Waals surface area contributed by atoms with Crippen LogP contribution in [0.2, 0.25) is 0 Å². The van der Waals surface area contributed by atoms with E-state index in [1.165, 1.54) is 0 Å². The molecule has 1 atom stereocenters. The number of aromatic nitrogens is 2. The van der Waals surface area contributed by atoms with E-state index in [9.17, 15) is 9.90 Å². The third-order valence-electron chi connectivity index (χ3n) is 3.47. The van der Waals surface area contributed by atoms with Crippen molar-refractivity contribution in [1.29, 1.82) is 0 Å². The van der Waals surface area contributed by atoms with Crippen molar-refractivity contribution in [2.24, 2.45) is 0 Å². The number of amides is 1.